The van der Waals surface area contributed by atoms with Crippen molar-refractivity contribution in [3.05, 3.63) is 42.0 Å². The zero-order valence-electron chi connectivity index (χ0n) is 14.5. The van der Waals surface area contributed by atoms with E-state index in [1.54, 1.807) is 4.90 Å². The molecular weight excluding hydrogens is 284 g/mol. The van der Waals surface area contributed by atoms with Crippen LogP contribution < -0.4 is 14.5 Å². The minimum absolute atomic E-state index is 0.742. The molecule has 126 valence electrons. The maximum atomic E-state index is 5.52. The molecule has 0 unspecified atom stereocenters. The summed E-state index contributed by atoms with van der Waals surface area (Å²) in [6.45, 7) is 10.6. The minimum atomic E-state index is 0.742. The van der Waals surface area contributed by atoms with Gasteiger partial charge in [0.05, 0.1) is 13.2 Å². The normalized spacial score (nSPS) is 27.8. The second-order valence-electron chi connectivity index (χ2n) is 7.11. The lowest BCUT2D eigenvalue weighted by Gasteiger charge is -2.32. The zero-order chi connectivity index (χ0) is 15.9. The number of rotatable bonds is 6. The third kappa shape index (κ3) is 5.08. The molecule has 0 aromatic heterocycles. The number of ether oxygens (including phenoxy) is 1. The van der Waals surface area contributed by atoms with E-state index in [9.17, 15) is 0 Å². The molecule has 3 nitrogen and oxygen atoms in total. The van der Waals surface area contributed by atoms with E-state index >= 15 is 0 Å². The van der Waals surface area contributed by atoms with E-state index < -0.39 is 0 Å². The predicted octanol–water partition coefficient (Wildman–Crippen LogP) is 0.725. The lowest BCUT2D eigenvalue weighted by atomic mass is 9.94. The molecule has 2 aliphatic rings. The molecule has 1 aliphatic heterocycles. The van der Waals surface area contributed by atoms with Crippen LogP contribution in [-0.4, -0.2) is 39.3 Å². The van der Waals surface area contributed by atoms with Crippen LogP contribution >= 0.6 is 0 Å². The topological polar surface area (TPSA) is 18.1 Å². The van der Waals surface area contributed by atoms with Gasteiger partial charge in [-0.25, -0.2) is 0 Å². The summed E-state index contributed by atoms with van der Waals surface area (Å²) in [7, 11) is 0. The average molecular weight is 316 g/mol. The molecule has 1 fully saturated rings. The lowest BCUT2D eigenvalue weighted by Crippen LogP contribution is -3.27. The van der Waals surface area contributed by atoms with Crippen molar-refractivity contribution in [3.8, 4) is 5.75 Å². The quantitative estimate of drug-likeness (QED) is 0.741. The van der Waals surface area contributed by atoms with Gasteiger partial charge < -0.3 is 14.5 Å². The van der Waals surface area contributed by atoms with Gasteiger partial charge in [0, 0.05) is 11.5 Å². The van der Waals surface area contributed by atoms with Crippen LogP contribution in [0.4, 0.5) is 0 Å². The van der Waals surface area contributed by atoms with Crippen LogP contribution in [-0.2, 0) is 6.54 Å². The molecule has 0 radical (unpaired) electrons. The molecule has 2 N–H and O–H groups in total. The van der Waals surface area contributed by atoms with Gasteiger partial charge in [-0.2, -0.15) is 0 Å². The average Bonchev–Trinajstić information content (AvgIpc) is 2.60. The molecule has 0 bridgehead atoms. The molecule has 1 atom stereocenters. The van der Waals surface area contributed by atoms with Gasteiger partial charge in [-0.05, 0) is 50.5 Å². The Morgan fingerprint density at radius 2 is 1.74 bits per heavy atom. The molecule has 23 heavy (non-hydrogen) atoms. The molecular formula is C20H32N2O+2. The smallest absolute Gasteiger partial charge is 0.127 e. The molecule has 1 aromatic carbocycles. The van der Waals surface area contributed by atoms with Crippen molar-refractivity contribution in [2.45, 2.75) is 32.7 Å². The Balaban J connectivity index is 1.41. The van der Waals surface area contributed by atoms with Gasteiger partial charge in [-0.3, -0.25) is 0 Å². The third-order valence-electron chi connectivity index (χ3n) is 5.31. The van der Waals surface area contributed by atoms with Crippen LogP contribution in [0.3, 0.4) is 0 Å². The van der Waals surface area contributed by atoms with Crippen LogP contribution in [0, 0.1) is 5.92 Å². The first-order chi connectivity index (χ1) is 11.3. The first-order valence-corrected chi connectivity index (χ1v) is 9.37. The van der Waals surface area contributed by atoms with Gasteiger partial charge >= 0.3 is 0 Å². The fourth-order valence-corrected chi connectivity index (χ4v) is 3.95. The molecule has 3 rings (SSSR count). The van der Waals surface area contributed by atoms with Crippen LogP contribution in [0.2, 0.25) is 0 Å². The number of piperazine rings is 1. The van der Waals surface area contributed by atoms with Crippen molar-refractivity contribution in [1.82, 2.24) is 0 Å². The molecule has 0 saturated carbocycles. The molecule has 1 heterocycles. The number of benzene rings is 1. The van der Waals surface area contributed by atoms with Crippen molar-refractivity contribution in [2.75, 3.05) is 39.3 Å². The van der Waals surface area contributed by atoms with Gasteiger partial charge in [0.25, 0.3) is 0 Å². The first kappa shape index (κ1) is 16.5. The van der Waals surface area contributed by atoms with E-state index in [1.807, 2.05) is 11.8 Å². The number of hydrogen-bond acceptors (Lipinski definition) is 1. The fourth-order valence-electron chi connectivity index (χ4n) is 3.95. The maximum absolute atomic E-state index is 5.52. The highest BCUT2D eigenvalue weighted by atomic mass is 16.5. The van der Waals surface area contributed by atoms with E-state index in [4.69, 9.17) is 4.74 Å². The van der Waals surface area contributed by atoms with Crippen molar-refractivity contribution in [3.63, 3.8) is 0 Å². The van der Waals surface area contributed by atoms with E-state index in [0.717, 1.165) is 24.8 Å². The highest BCUT2D eigenvalue weighted by molar-refractivity contribution is 5.26. The van der Waals surface area contributed by atoms with Crippen molar-refractivity contribution >= 4 is 0 Å². The summed E-state index contributed by atoms with van der Waals surface area (Å²) in [6.07, 6.45) is 8.76. The number of hydrogen-bond donors (Lipinski definition) is 2. The molecule has 3 heteroatoms. The summed E-state index contributed by atoms with van der Waals surface area (Å²) in [5.74, 6) is 1.92. The largest absolute Gasteiger partial charge is 0.494 e. The van der Waals surface area contributed by atoms with E-state index in [1.165, 1.54) is 57.5 Å². The Hall–Kier alpha value is -1.32. The summed E-state index contributed by atoms with van der Waals surface area (Å²) in [4.78, 5) is 3.57. The maximum Gasteiger partial charge on any atom is 0.127 e. The summed E-state index contributed by atoms with van der Waals surface area (Å²) in [6, 6.07) is 8.67. The van der Waals surface area contributed by atoms with Gasteiger partial charge in [0.15, 0.2) is 0 Å². The van der Waals surface area contributed by atoms with Crippen LogP contribution in [0.25, 0.3) is 0 Å². The van der Waals surface area contributed by atoms with Gasteiger partial charge in [-0.1, -0.05) is 12.2 Å². The van der Waals surface area contributed by atoms with Crippen LogP contribution in [0.15, 0.2) is 36.4 Å². The van der Waals surface area contributed by atoms with E-state index in [-0.39, 0.29) is 0 Å². The summed E-state index contributed by atoms with van der Waals surface area (Å²) in [5.41, 5.74) is 1.43. The van der Waals surface area contributed by atoms with Crippen LogP contribution in [0.1, 0.15) is 31.7 Å². The minimum Gasteiger partial charge on any atom is -0.494 e. The number of allylic oxidation sites excluding steroid dienone is 2. The number of nitrogens with one attached hydrogen (secondary N) is 2. The highest BCUT2D eigenvalue weighted by Gasteiger charge is 2.25. The van der Waals surface area contributed by atoms with Gasteiger partial charge in [-0.15, -0.1) is 0 Å². The zero-order valence-corrected chi connectivity index (χ0v) is 14.5. The Bertz CT molecular complexity index is 489. The van der Waals surface area contributed by atoms with Crippen molar-refractivity contribution < 1.29 is 14.5 Å². The number of quaternary nitrogens is 2. The predicted molar refractivity (Wildman–Crippen MR) is 94.1 cm³/mol. The van der Waals surface area contributed by atoms with Crippen molar-refractivity contribution in [1.29, 1.82) is 0 Å². The van der Waals surface area contributed by atoms with Gasteiger partial charge in [0.1, 0.15) is 38.5 Å². The molecule has 0 amide bonds. The van der Waals surface area contributed by atoms with Gasteiger partial charge in [0.2, 0.25) is 0 Å². The van der Waals surface area contributed by atoms with E-state index in [0.29, 0.717) is 0 Å². The molecule has 1 aliphatic carbocycles. The monoisotopic (exact) mass is 316 g/mol. The summed E-state index contributed by atoms with van der Waals surface area (Å²) in [5, 5.41) is 0. The second-order valence-corrected chi connectivity index (χ2v) is 7.11. The first-order valence-electron chi connectivity index (χ1n) is 9.37. The SMILES string of the molecule is CCOc1ccc(C[NH+]2CC[NH+](C[C@H]3CC=CCC3)CC2)cc1. The highest BCUT2D eigenvalue weighted by Crippen LogP contribution is 2.16. The molecule has 1 aromatic rings. The van der Waals surface area contributed by atoms with Crippen molar-refractivity contribution in [2.24, 2.45) is 5.92 Å². The third-order valence-corrected chi connectivity index (χ3v) is 5.31. The summed E-state index contributed by atoms with van der Waals surface area (Å²) >= 11 is 0. The lowest BCUT2D eigenvalue weighted by molar-refractivity contribution is -1.02. The molecule has 1 saturated heterocycles. The Labute approximate surface area is 140 Å². The van der Waals surface area contributed by atoms with Crippen LogP contribution in [0.5, 0.6) is 5.75 Å². The molecule has 0 spiro atoms. The second kappa shape index (κ2) is 8.51. The standard InChI is InChI=1S/C20H30N2O/c1-2-23-20-10-8-19(9-11-20)17-22-14-12-21(13-15-22)16-18-6-4-3-5-7-18/h3-4,8-11,18H,2,5-7,12-17H2,1H3/p+2/t18-/m0/s1. The van der Waals surface area contributed by atoms with E-state index in [2.05, 4.69) is 36.4 Å². The Morgan fingerprint density at radius 3 is 2.39 bits per heavy atom. The summed E-state index contributed by atoms with van der Waals surface area (Å²) < 4.78 is 5.52. The fraction of sp³-hybridized carbons (Fsp3) is 0.600. The Morgan fingerprint density at radius 1 is 1.00 bits per heavy atom. The Kier molecular flexibility index (Phi) is 6.12.